The summed E-state index contributed by atoms with van der Waals surface area (Å²) >= 11 is 0. The Bertz CT molecular complexity index is 705. The van der Waals surface area contributed by atoms with Crippen molar-refractivity contribution in [1.82, 2.24) is 20.0 Å². The number of hydrogen-bond acceptors (Lipinski definition) is 4. The van der Waals surface area contributed by atoms with E-state index in [1.807, 2.05) is 11.0 Å². The minimum Gasteiger partial charge on any atom is -0.376 e. The Labute approximate surface area is 141 Å². The van der Waals surface area contributed by atoms with E-state index in [0.29, 0.717) is 18.9 Å². The molecule has 0 unspecified atom stereocenters. The van der Waals surface area contributed by atoms with Crippen LogP contribution in [0.5, 0.6) is 0 Å². The maximum atomic E-state index is 12.8. The van der Waals surface area contributed by atoms with Gasteiger partial charge < -0.3 is 9.64 Å². The van der Waals surface area contributed by atoms with Crippen LogP contribution in [0.1, 0.15) is 27.3 Å². The van der Waals surface area contributed by atoms with Crippen molar-refractivity contribution in [3.63, 3.8) is 0 Å². The third kappa shape index (κ3) is 3.07. The zero-order chi connectivity index (χ0) is 16.4. The fraction of sp³-hybridized carbons (Fsp3) is 0.444. The summed E-state index contributed by atoms with van der Waals surface area (Å²) in [7, 11) is 0. The van der Waals surface area contributed by atoms with Crippen molar-refractivity contribution < 1.29 is 9.53 Å². The zero-order valence-corrected chi connectivity index (χ0v) is 13.7. The number of ether oxygens (including phenoxy) is 1. The van der Waals surface area contributed by atoms with Crippen LogP contribution in [0.25, 0.3) is 0 Å². The van der Waals surface area contributed by atoms with Crippen molar-refractivity contribution in [3.05, 3.63) is 52.8 Å². The lowest BCUT2D eigenvalue weighted by Crippen LogP contribution is -2.48. The summed E-state index contributed by atoms with van der Waals surface area (Å²) in [6.07, 6.45) is 0.806. The number of nitrogens with zero attached hydrogens (tertiary/aromatic N) is 3. The van der Waals surface area contributed by atoms with E-state index in [-0.39, 0.29) is 5.91 Å². The number of nitrogens with one attached hydrogen (secondary N) is 1. The molecule has 0 aliphatic carbocycles. The first-order valence-electron chi connectivity index (χ1n) is 8.50. The van der Waals surface area contributed by atoms with Crippen LogP contribution in [-0.2, 0) is 24.3 Å². The molecule has 1 aromatic heterocycles. The Morgan fingerprint density at radius 1 is 1.17 bits per heavy atom. The highest BCUT2D eigenvalue weighted by Gasteiger charge is 2.28. The van der Waals surface area contributed by atoms with Gasteiger partial charge in [-0.1, -0.05) is 30.3 Å². The van der Waals surface area contributed by atoms with Gasteiger partial charge in [-0.15, -0.1) is 0 Å². The predicted octanol–water partition coefficient (Wildman–Crippen LogP) is 1.44. The van der Waals surface area contributed by atoms with Crippen molar-refractivity contribution in [3.8, 4) is 0 Å². The molecule has 2 aliphatic heterocycles. The third-order valence-electron chi connectivity index (χ3n) is 4.81. The van der Waals surface area contributed by atoms with Gasteiger partial charge in [-0.25, -0.2) is 0 Å². The van der Waals surface area contributed by atoms with E-state index in [1.165, 1.54) is 5.56 Å². The molecule has 126 valence electrons. The molecule has 1 fully saturated rings. The largest absolute Gasteiger partial charge is 0.376 e. The highest BCUT2D eigenvalue weighted by Crippen LogP contribution is 2.20. The molecular weight excluding hydrogens is 304 g/mol. The average Bonchev–Trinajstić information content (AvgIpc) is 3.07. The number of H-pyrrole nitrogens is 1. The summed E-state index contributed by atoms with van der Waals surface area (Å²) in [5, 5.41) is 7.25. The number of aromatic amines is 1. The second kappa shape index (κ2) is 6.75. The number of rotatable bonds is 3. The molecule has 0 atom stereocenters. The summed E-state index contributed by atoms with van der Waals surface area (Å²) in [6, 6.07) is 10.5. The van der Waals surface area contributed by atoms with Gasteiger partial charge in [0, 0.05) is 50.4 Å². The third-order valence-corrected chi connectivity index (χ3v) is 4.81. The van der Waals surface area contributed by atoms with Gasteiger partial charge in [0.25, 0.3) is 5.91 Å². The SMILES string of the molecule is O=C(c1n[nH]c2c1COCC2)N1CCN(Cc2ccccc2)CC1. The molecule has 1 aromatic carbocycles. The van der Waals surface area contributed by atoms with Crippen molar-refractivity contribution in [2.45, 2.75) is 19.6 Å². The number of piperazine rings is 1. The molecule has 0 saturated carbocycles. The first kappa shape index (κ1) is 15.4. The van der Waals surface area contributed by atoms with Crippen molar-refractivity contribution >= 4 is 5.91 Å². The average molecular weight is 326 g/mol. The zero-order valence-electron chi connectivity index (χ0n) is 13.7. The molecule has 6 heteroatoms. The van der Waals surface area contributed by atoms with Gasteiger partial charge in [-0.3, -0.25) is 14.8 Å². The van der Waals surface area contributed by atoms with Gasteiger partial charge in [0.05, 0.1) is 13.2 Å². The summed E-state index contributed by atoms with van der Waals surface area (Å²) in [4.78, 5) is 17.1. The van der Waals surface area contributed by atoms with Gasteiger partial charge in [0.1, 0.15) is 0 Å². The number of benzene rings is 1. The smallest absolute Gasteiger partial charge is 0.274 e. The van der Waals surface area contributed by atoms with Crippen molar-refractivity contribution in [2.75, 3.05) is 32.8 Å². The molecule has 0 radical (unpaired) electrons. The number of carbonyl (C=O) groups is 1. The minimum atomic E-state index is 0.0253. The summed E-state index contributed by atoms with van der Waals surface area (Å²) < 4.78 is 5.48. The second-order valence-corrected chi connectivity index (χ2v) is 6.39. The number of hydrogen-bond donors (Lipinski definition) is 1. The Kier molecular flexibility index (Phi) is 4.32. The van der Waals surface area contributed by atoms with E-state index < -0.39 is 0 Å². The van der Waals surface area contributed by atoms with Crippen LogP contribution < -0.4 is 0 Å². The van der Waals surface area contributed by atoms with Crippen LogP contribution >= 0.6 is 0 Å². The van der Waals surface area contributed by atoms with Crippen molar-refractivity contribution in [1.29, 1.82) is 0 Å². The Morgan fingerprint density at radius 2 is 1.96 bits per heavy atom. The van der Waals surface area contributed by atoms with E-state index >= 15 is 0 Å². The molecule has 0 spiro atoms. The quantitative estimate of drug-likeness (QED) is 0.927. The maximum Gasteiger partial charge on any atom is 0.274 e. The van der Waals surface area contributed by atoms with Crippen molar-refractivity contribution in [2.24, 2.45) is 0 Å². The van der Waals surface area contributed by atoms with E-state index in [9.17, 15) is 4.79 Å². The van der Waals surface area contributed by atoms with Gasteiger partial charge in [0.2, 0.25) is 0 Å². The van der Waals surface area contributed by atoms with Crippen LogP contribution in [-0.4, -0.2) is 58.7 Å². The highest BCUT2D eigenvalue weighted by atomic mass is 16.5. The van der Waals surface area contributed by atoms with E-state index in [2.05, 4.69) is 39.4 Å². The summed E-state index contributed by atoms with van der Waals surface area (Å²) in [6.45, 7) is 5.40. The van der Waals surface area contributed by atoms with Gasteiger partial charge in [-0.05, 0) is 5.56 Å². The molecule has 0 bridgehead atoms. The van der Waals surface area contributed by atoms with E-state index in [1.54, 1.807) is 0 Å². The Morgan fingerprint density at radius 3 is 2.75 bits per heavy atom. The van der Waals surface area contributed by atoms with Crippen LogP contribution in [0.15, 0.2) is 30.3 Å². The molecule has 1 N–H and O–H groups in total. The van der Waals surface area contributed by atoms with E-state index in [0.717, 1.165) is 50.4 Å². The second-order valence-electron chi connectivity index (χ2n) is 6.39. The topological polar surface area (TPSA) is 61.5 Å². The molecule has 24 heavy (non-hydrogen) atoms. The number of carbonyl (C=O) groups excluding carboxylic acids is 1. The lowest BCUT2D eigenvalue weighted by Gasteiger charge is -2.34. The predicted molar refractivity (Wildman–Crippen MR) is 89.6 cm³/mol. The normalized spacial score (nSPS) is 18.4. The monoisotopic (exact) mass is 326 g/mol. The Hall–Kier alpha value is -2.18. The molecule has 1 saturated heterocycles. The van der Waals surface area contributed by atoms with Crippen LogP contribution in [0.3, 0.4) is 0 Å². The fourth-order valence-electron chi connectivity index (χ4n) is 3.39. The molecule has 2 aromatic rings. The highest BCUT2D eigenvalue weighted by molar-refractivity contribution is 5.94. The number of aromatic nitrogens is 2. The van der Waals surface area contributed by atoms with E-state index in [4.69, 9.17) is 4.74 Å². The molecule has 6 nitrogen and oxygen atoms in total. The summed E-state index contributed by atoms with van der Waals surface area (Å²) in [5.41, 5.74) is 3.85. The Balaban J connectivity index is 1.37. The molecule has 2 aliphatic rings. The standard InChI is InChI=1S/C18H22N4O2/c23-18(17-15-13-24-11-6-16(15)19-20-17)22-9-7-21(8-10-22)12-14-4-2-1-3-5-14/h1-5H,6-13H2,(H,19,20). The van der Waals surface area contributed by atoms with Gasteiger partial charge in [-0.2, -0.15) is 5.10 Å². The summed E-state index contributed by atoms with van der Waals surface area (Å²) in [5.74, 6) is 0.0253. The maximum absolute atomic E-state index is 12.8. The molecular formula is C18H22N4O2. The van der Waals surface area contributed by atoms with Gasteiger partial charge >= 0.3 is 0 Å². The van der Waals surface area contributed by atoms with Crippen LogP contribution in [0.2, 0.25) is 0 Å². The first-order chi connectivity index (χ1) is 11.8. The lowest BCUT2D eigenvalue weighted by molar-refractivity contribution is 0.0612. The number of amides is 1. The van der Waals surface area contributed by atoms with Crippen LogP contribution in [0.4, 0.5) is 0 Å². The first-order valence-corrected chi connectivity index (χ1v) is 8.50. The molecule has 1 amide bonds. The lowest BCUT2D eigenvalue weighted by atomic mass is 10.1. The fourth-order valence-corrected chi connectivity index (χ4v) is 3.39. The minimum absolute atomic E-state index is 0.0253. The van der Waals surface area contributed by atoms with Gasteiger partial charge in [0.15, 0.2) is 5.69 Å². The van der Waals surface area contributed by atoms with Crippen LogP contribution in [0, 0.1) is 0 Å². The molecule has 4 rings (SSSR count). The number of fused-ring (bicyclic) bond motifs is 1. The molecule has 3 heterocycles.